The number of rotatable bonds is 1. The predicted octanol–water partition coefficient (Wildman–Crippen LogP) is -0.223. The maximum absolute atomic E-state index is 8.44. The molecule has 0 aromatic carbocycles. The van der Waals surface area contributed by atoms with E-state index in [-0.39, 0.29) is 42.3 Å². The molecule has 1 N–H and O–H groups in total. The van der Waals surface area contributed by atoms with Crippen molar-refractivity contribution in [2.24, 2.45) is 0 Å². The average Bonchev–Trinajstić information content (AvgIpc) is 2.14. The van der Waals surface area contributed by atoms with E-state index in [0.717, 1.165) is 19.4 Å². The van der Waals surface area contributed by atoms with Crippen molar-refractivity contribution in [2.75, 3.05) is 13.2 Å². The third-order valence-corrected chi connectivity index (χ3v) is 1.23. The van der Waals surface area contributed by atoms with Crippen LogP contribution < -0.4 is 0 Å². The van der Waals surface area contributed by atoms with E-state index in [0.29, 0.717) is 0 Å². The summed E-state index contributed by atoms with van der Waals surface area (Å²) in [6.45, 7) is 1.03. The normalized spacial score (nSPS) is 27.4. The van der Waals surface area contributed by atoms with E-state index < -0.39 is 0 Å². The van der Waals surface area contributed by atoms with E-state index in [1.54, 1.807) is 0 Å². The Hall–Kier alpha value is 0.920. The van der Waals surface area contributed by atoms with Crippen LogP contribution >= 0.6 is 0 Å². The summed E-state index contributed by atoms with van der Waals surface area (Å²) in [5.41, 5.74) is 0. The van der Waals surface area contributed by atoms with Gasteiger partial charge in [0.1, 0.15) is 0 Å². The van der Waals surface area contributed by atoms with Crippen molar-refractivity contribution in [1.82, 2.24) is 0 Å². The number of hydrogen-bond acceptors (Lipinski definition) is 2. The molecule has 0 amide bonds. The Bertz CT molecular complexity index is 52.4. The number of hydrogen-bond donors (Lipinski definition) is 1. The summed E-state index contributed by atoms with van der Waals surface area (Å²) >= 11 is 0. The standard InChI is InChI=1S/C5H10O2.Na/c6-4-5-2-1-3-7-5;/h5-6H,1-4H2;. The van der Waals surface area contributed by atoms with Gasteiger partial charge in [-0.3, -0.25) is 0 Å². The smallest absolute Gasteiger partial charge is 0.0806 e. The van der Waals surface area contributed by atoms with Crippen LogP contribution in [-0.4, -0.2) is 54.0 Å². The summed E-state index contributed by atoms with van der Waals surface area (Å²) in [5, 5.41) is 8.44. The molecule has 1 fully saturated rings. The fourth-order valence-corrected chi connectivity index (χ4v) is 0.788. The van der Waals surface area contributed by atoms with Crippen LogP contribution in [0.2, 0.25) is 0 Å². The minimum absolute atomic E-state index is 0. The Morgan fingerprint density at radius 1 is 1.62 bits per heavy atom. The fraction of sp³-hybridized carbons (Fsp3) is 1.00. The number of aliphatic hydroxyl groups is 1. The van der Waals surface area contributed by atoms with Crippen molar-refractivity contribution in [1.29, 1.82) is 0 Å². The van der Waals surface area contributed by atoms with Gasteiger partial charge in [0.25, 0.3) is 0 Å². The predicted molar refractivity (Wildman–Crippen MR) is 31.8 cm³/mol. The van der Waals surface area contributed by atoms with Crippen LogP contribution in [-0.2, 0) is 4.74 Å². The van der Waals surface area contributed by atoms with Gasteiger partial charge in [-0.05, 0) is 12.8 Å². The minimum Gasteiger partial charge on any atom is -0.394 e. The van der Waals surface area contributed by atoms with Crippen molar-refractivity contribution in [3.05, 3.63) is 0 Å². The number of aliphatic hydroxyl groups excluding tert-OH is 1. The molecule has 8 heavy (non-hydrogen) atoms. The van der Waals surface area contributed by atoms with Gasteiger partial charge in [-0.1, -0.05) is 0 Å². The van der Waals surface area contributed by atoms with Crippen LogP contribution in [0.5, 0.6) is 0 Å². The van der Waals surface area contributed by atoms with Gasteiger partial charge in [0.2, 0.25) is 0 Å². The Morgan fingerprint density at radius 3 is 2.62 bits per heavy atom. The first-order chi connectivity index (χ1) is 3.43. The molecule has 3 heteroatoms. The van der Waals surface area contributed by atoms with Crippen LogP contribution in [0.4, 0.5) is 0 Å². The molecule has 1 unspecified atom stereocenters. The maximum Gasteiger partial charge on any atom is 0.0806 e. The number of ether oxygens (including phenoxy) is 1. The van der Waals surface area contributed by atoms with Gasteiger partial charge in [-0.25, -0.2) is 0 Å². The van der Waals surface area contributed by atoms with E-state index in [4.69, 9.17) is 9.84 Å². The van der Waals surface area contributed by atoms with Crippen LogP contribution in [0.3, 0.4) is 0 Å². The monoisotopic (exact) mass is 125 g/mol. The molecule has 1 saturated heterocycles. The van der Waals surface area contributed by atoms with Gasteiger partial charge in [-0.15, -0.1) is 0 Å². The molecule has 1 aliphatic heterocycles. The zero-order chi connectivity index (χ0) is 5.11. The summed E-state index contributed by atoms with van der Waals surface area (Å²) in [5.74, 6) is 0. The van der Waals surface area contributed by atoms with Gasteiger partial charge in [0.15, 0.2) is 0 Å². The van der Waals surface area contributed by atoms with E-state index in [1.165, 1.54) is 0 Å². The molecule has 0 bridgehead atoms. The molecular weight excluding hydrogens is 115 g/mol. The van der Waals surface area contributed by atoms with Crippen molar-refractivity contribution < 1.29 is 9.84 Å². The second-order valence-corrected chi connectivity index (χ2v) is 1.82. The third-order valence-electron chi connectivity index (χ3n) is 1.23. The minimum atomic E-state index is 0. The fourth-order valence-electron chi connectivity index (χ4n) is 0.788. The Balaban J connectivity index is 0.000000490. The van der Waals surface area contributed by atoms with Crippen LogP contribution in [0, 0.1) is 0 Å². The molecule has 43 valence electrons. The van der Waals surface area contributed by atoms with Gasteiger partial charge in [-0.2, -0.15) is 0 Å². The van der Waals surface area contributed by atoms with Gasteiger partial charge < -0.3 is 9.84 Å². The molecule has 1 atom stereocenters. The second-order valence-electron chi connectivity index (χ2n) is 1.82. The van der Waals surface area contributed by atoms with Crippen molar-refractivity contribution in [2.45, 2.75) is 18.9 Å². The maximum atomic E-state index is 8.44. The summed E-state index contributed by atoms with van der Waals surface area (Å²) in [6, 6.07) is 0. The third kappa shape index (κ3) is 2.46. The molecule has 2 nitrogen and oxygen atoms in total. The average molecular weight is 125 g/mol. The summed E-state index contributed by atoms with van der Waals surface area (Å²) < 4.78 is 5.05. The molecule has 0 aromatic heterocycles. The second kappa shape index (κ2) is 4.77. The topological polar surface area (TPSA) is 29.5 Å². The molecular formula is C5H10NaO2. The largest absolute Gasteiger partial charge is 0.394 e. The van der Waals surface area contributed by atoms with E-state index >= 15 is 0 Å². The Kier molecular flexibility index (Phi) is 5.31. The van der Waals surface area contributed by atoms with Gasteiger partial charge in [0, 0.05) is 36.2 Å². The SMILES string of the molecule is OCC1CCCO1.[Na]. The molecule has 0 spiro atoms. The first kappa shape index (κ1) is 8.92. The van der Waals surface area contributed by atoms with Crippen molar-refractivity contribution in [3.63, 3.8) is 0 Å². The van der Waals surface area contributed by atoms with Gasteiger partial charge in [0.05, 0.1) is 12.7 Å². The molecule has 0 aromatic rings. The van der Waals surface area contributed by atoms with E-state index in [9.17, 15) is 0 Å². The quantitative estimate of drug-likeness (QED) is 0.491. The van der Waals surface area contributed by atoms with Crippen molar-refractivity contribution in [3.8, 4) is 0 Å². The van der Waals surface area contributed by atoms with Crippen LogP contribution in [0.25, 0.3) is 0 Å². The van der Waals surface area contributed by atoms with Gasteiger partial charge >= 0.3 is 0 Å². The molecule has 1 radical (unpaired) electrons. The Morgan fingerprint density at radius 2 is 2.38 bits per heavy atom. The molecule has 0 aliphatic carbocycles. The first-order valence-electron chi connectivity index (χ1n) is 2.66. The van der Waals surface area contributed by atoms with E-state index in [2.05, 4.69) is 0 Å². The molecule has 0 saturated carbocycles. The molecule has 1 rings (SSSR count). The molecule has 1 aliphatic rings. The van der Waals surface area contributed by atoms with Crippen molar-refractivity contribution >= 4 is 29.6 Å². The van der Waals surface area contributed by atoms with Crippen LogP contribution in [0.1, 0.15) is 12.8 Å². The summed E-state index contributed by atoms with van der Waals surface area (Å²) in [4.78, 5) is 0. The Labute approximate surface area is 71.5 Å². The van der Waals surface area contributed by atoms with Crippen LogP contribution in [0.15, 0.2) is 0 Å². The first-order valence-corrected chi connectivity index (χ1v) is 2.66. The summed E-state index contributed by atoms with van der Waals surface area (Å²) in [7, 11) is 0. The summed E-state index contributed by atoms with van der Waals surface area (Å²) in [6.07, 6.45) is 2.31. The molecule has 1 heterocycles. The zero-order valence-electron chi connectivity index (χ0n) is 5.26. The van der Waals surface area contributed by atoms with E-state index in [1.807, 2.05) is 0 Å². The zero-order valence-corrected chi connectivity index (χ0v) is 7.26.